The van der Waals surface area contributed by atoms with Crippen molar-refractivity contribution in [2.45, 2.75) is 13.0 Å². The zero-order valence-electron chi connectivity index (χ0n) is 10.0. The maximum absolute atomic E-state index is 6.23. The molecule has 0 fully saturated rings. The van der Waals surface area contributed by atoms with E-state index in [4.69, 9.17) is 46.4 Å². The molecule has 1 atom stereocenters. The summed E-state index contributed by atoms with van der Waals surface area (Å²) >= 11 is 25.6. The Hall–Kier alpha value is 0.0400. The van der Waals surface area contributed by atoms with Gasteiger partial charge in [0.2, 0.25) is 0 Å². The summed E-state index contributed by atoms with van der Waals surface area (Å²) in [5.41, 5.74) is 1.96. The molecule has 0 aliphatic heterocycles. The lowest BCUT2D eigenvalue weighted by atomic mass is 10.0. The van der Waals surface area contributed by atoms with Crippen molar-refractivity contribution in [3.63, 3.8) is 0 Å². The number of benzene rings is 1. The molecule has 102 valence electrons. The molecule has 0 amide bonds. The van der Waals surface area contributed by atoms with Gasteiger partial charge in [-0.25, -0.2) is 0 Å². The van der Waals surface area contributed by atoms with Crippen LogP contribution in [0.25, 0.3) is 0 Å². The maximum atomic E-state index is 6.23. The van der Waals surface area contributed by atoms with Gasteiger partial charge in [-0.2, -0.15) is 0 Å². The first-order chi connectivity index (χ1) is 9.02. The monoisotopic (exact) mass is 353 g/mol. The van der Waals surface area contributed by atoms with Crippen molar-refractivity contribution in [2.24, 2.45) is 0 Å². The molecule has 1 nitrogen and oxygen atoms in total. The first-order valence-electron chi connectivity index (χ1n) is 5.66. The third-order valence-electron chi connectivity index (χ3n) is 2.68. The summed E-state index contributed by atoms with van der Waals surface area (Å²) in [5.74, 6) is 0. The molecule has 19 heavy (non-hydrogen) atoms. The van der Waals surface area contributed by atoms with Crippen molar-refractivity contribution in [3.8, 4) is 0 Å². The molecular weight excluding hydrogens is 344 g/mol. The average molecular weight is 355 g/mol. The molecule has 1 aromatic heterocycles. The lowest BCUT2D eigenvalue weighted by molar-refractivity contribution is 0.632. The summed E-state index contributed by atoms with van der Waals surface area (Å²) in [6.45, 7) is 2.83. The highest BCUT2D eigenvalue weighted by Crippen LogP contribution is 2.38. The Kier molecular flexibility index (Phi) is 5.41. The largest absolute Gasteiger partial charge is 0.306 e. The number of rotatable bonds is 4. The van der Waals surface area contributed by atoms with Crippen LogP contribution >= 0.6 is 57.7 Å². The summed E-state index contributed by atoms with van der Waals surface area (Å²) in [6.07, 6.45) is 0. The number of nitrogens with one attached hydrogen (secondary N) is 1. The summed E-state index contributed by atoms with van der Waals surface area (Å²) in [7, 11) is 0. The molecule has 0 spiro atoms. The minimum absolute atomic E-state index is 0.0454. The molecule has 2 aromatic rings. The standard InChI is InChI=1S/C13H11Cl4NS/c1-2-18-12(8-6-11(16)19-13(8)17)7-3-4-9(14)10(15)5-7/h3-6,12,18H,2H2,1H3. The molecule has 1 aromatic carbocycles. The Morgan fingerprint density at radius 3 is 2.37 bits per heavy atom. The van der Waals surface area contributed by atoms with E-state index < -0.39 is 0 Å². The predicted octanol–water partition coefficient (Wildman–Crippen LogP) is 6.06. The topological polar surface area (TPSA) is 12.0 Å². The molecule has 1 N–H and O–H groups in total. The predicted molar refractivity (Wildman–Crippen MR) is 86.3 cm³/mol. The van der Waals surface area contributed by atoms with Crippen molar-refractivity contribution in [3.05, 3.63) is 54.1 Å². The van der Waals surface area contributed by atoms with Crippen molar-refractivity contribution < 1.29 is 0 Å². The molecule has 1 unspecified atom stereocenters. The highest BCUT2D eigenvalue weighted by Gasteiger charge is 2.19. The zero-order valence-corrected chi connectivity index (χ0v) is 13.9. The van der Waals surface area contributed by atoms with E-state index in [2.05, 4.69) is 5.32 Å². The number of thiophene rings is 1. The van der Waals surface area contributed by atoms with E-state index in [1.165, 1.54) is 11.3 Å². The Morgan fingerprint density at radius 1 is 1.11 bits per heavy atom. The summed E-state index contributed by atoms with van der Waals surface area (Å²) in [4.78, 5) is 0. The van der Waals surface area contributed by atoms with Gasteiger partial charge in [0.25, 0.3) is 0 Å². The molecule has 2 rings (SSSR count). The van der Waals surface area contributed by atoms with Crippen LogP contribution in [0, 0.1) is 0 Å². The van der Waals surface area contributed by atoms with Gasteiger partial charge in [-0.3, -0.25) is 0 Å². The van der Waals surface area contributed by atoms with Crippen LogP contribution in [-0.2, 0) is 0 Å². The minimum Gasteiger partial charge on any atom is -0.306 e. The first kappa shape index (κ1) is 15.4. The Bertz CT molecular complexity index is 582. The van der Waals surface area contributed by atoms with E-state index in [0.29, 0.717) is 18.7 Å². The summed E-state index contributed by atoms with van der Waals surface area (Å²) in [6, 6.07) is 7.40. The minimum atomic E-state index is -0.0454. The smallest absolute Gasteiger partial charge is 0.0995 e. The molecule has 0 bridgehead atoms. The van der Waals surface area contributed by atoms with Crippen molar-refractivity contribution >= 4 is 57.7 Å². The number of halogens is 4. The van der Waals surface area contributed by atoms with Gasteiger partial charge in [0.15, 0.2) is 0 Å². The molecule has 1 heterocycles. The summed E-state index contributed by atoms with van der Waals surface area (Å²) in [5, 5.41) is 4.44. The van der Waals surface area contributed by atoms with Crippen LogP contribution in [0.1, 0.15) is 24.1 Å². The van der Waals surface area contributed by atoms with Gasteiger partial charge in [0.1, 0.15) is 0 Å². The highest BCUT2D eigenvalue weighted by atomic mass is 35.5. The van der Waals surface area contributed by atoms with Crippen LogP contribution in [0.15, 0.2) is 24.3 Å². The van der Waals surface area contributed by atoms with E-state index in [1.54, 1.807) is 6.07 Å². The maximum Gasteiger partial charge on any atom is 0.0995 e. The fourth-order valence-electron chi connectivity index (χ4n) is 1.85. The van der Waals surface area contributed by atoms with Crippen molar-refractivity contribution in [1.29, 1.82) is 0 Å². The van der Waals surface area contributed by atoms with E-state index in [0.717, 1.165) is 17.7 Å². The molecule has 0 radical (unpaired) electrons. The van der Waals surface area contributed by atoms with E-state index in [1.807, 2.05) is 25.1 Å². The van der Waals surface area contributed by atoms with Crippen molar-refractivity contribution in [1.82, 2.24) is 5.32 Å². The quantitative estimate of drug-likeness (QED) is 0.703. The molecule has 0 aliphatic carbocycles. The summed E-state index contributed by atoms with van der Waals surface area (Å²) < 4.78 is 1.35. The third-order valence-corrected chi connectivity index (χ3v) is 4.94. The van der Waals surface area contributed by atoms with Crippen LogP contribution in [0.4, 0.5) is 0 Å². The van der Waals surface area contributed by atoms with Gasteiger partial charge in [-0.1, -0.05) is 59.4 Å². The average Bonchev–Trinajstić information content (AvgIpc) is 2.69. The Morgan fingerprint density at radius 2 is 1.84 bits per heavy atom. The third kappa shape index (κ3) is 3.57. The Balaban J connectivity index is 2.44. The number of hydrogen-bond donors (Lipinski definition) is 1. The van der Waals surface area contributed by atoms with Crippen LogP contribution in [-0.4, -0.2) is 6.54 Å². The highest BCUT2D eigenvalue weighted by molar-refractivity contribution is 7.20. The van der Waals surface area contributed by atoms with Gasteiger partial charge < -0.3 is 5.32 Å². The Labute approximate surface area is 136 Å². The van der Waals surface area contributed by atoms with E-state index in [-0.39, 0.29) is 6.04 Å². The lowest BCUT2D eigenvalue weighted by Gasteiger charge is -2.18. The fraction of sp³-hybridized carbons (Fsp3) is 0.231. The fourth-order valence-corrected chi connectivity index (χ4v) is 3.69. The SMILES string of the molecule is CCNC(c1ccc(Cl)c(Cl)c1)c1cc(Cl)sc1Cl. The van der Waals surface area contributed by atoms with Crippen LogP contribution in [0.2, 0.25) is 18.7 Å². The molecule has 0 aliphatic rings. The van der Waals surface area contributed by atoms with E-state index >= 15 is 0 Å². The van der Waals surface area contributed by atoms with E-state index in [9.17, 15) is 0 Å². The molecule has 0 saturated heterocycles. The van der Waals surface area contributed by atoms with Gasteiger partial charge in [0, 0.05) is 5.56 Å². The van der Waals surface area contributed by atoms with Gasteiger partial charge >= 0.3 is 0 Å². The molecule has 6 heteroatoms. The second-order valence-electron chi connectivity index (χ2n) is 3.94. The van der Waals surface area contributed by atoms with Crippen molar-refractivity contribution in [2.75, 3.05) is 6.54 Å². The van der Waals surface area contributed by atoms with Gasteiger partial charge in [-0.15, -0.1) is 11.3 Å². The lowest BCUT2D eigenvalue weighted by Crippen LogP contribution is -2.21. The molecular formula is C13H11Cl4NS. The van der Waals surface area contributed by atoms with Gasteiger partial charge in [-0.05, 0) is 30.3 Å². The molecule has 0 saturated carbocycles. The second kappa shape index (κ2) is 6.66. The second-order valence-corrected chi connectivity index (χ2v) is 7.04. The zero-order chi connectivity index (χ0) is 14.0. The number of hydrogen-bond acceptors (Lipinski definition) is 2. The normalized spacial score (nSPS) is 12.7. The van der Waals surface area contributed by atoms with Crippen LogP contribution in [0.5, 0.6) is 0 Å². The first-order valence-corrected chi connectivity index (χ1v) is 7.98. The van der Waals surface area contributed by atoms with Crippen LogP contribution < -0.4 is 5.32 Å². The van der Waals surface area contributed by atoms with Gasteiger partial charge in [0.05, 0.1) is 24.8 Å². The van der Waals surface area contributed by atoms with Crippen LogP contribution in [0.3, 0.4) is 0 Å².